The molecule has 0 unspecified atom stereocenters. The molecule has 0 aliphatic rings. The second kappa shape index (κ2) is 7.69. The summed E-state index contributed by atoms with van der Waals surface area (Å²) in [7, 11) is 0. The van der Waals surface area contributed by atoms with Crippen LogP contribution in [0.25, 0.3) is 0 Å². The fraction of sp³-hybridized carbons (Fsp3) is 0.211. The van der Waals surface area contributed by atoms with Gasteiger partial charge in [0.25, 0.3) is 5.91 Å². The molecule has 2 aromatic rings. The van der Waals surface area contributed by atoms with Gasteiger partial charge in [-0.2, -0.15) is 0 Å². The Morgan fingerprint density at radius 3 is 1.85 bits per heavy atom. The van der Waals surface area contributed by atoms with Gasteiger partial charge in [-0.1, -0.05) is 12.1 Å². The summed E-state index contributed by atoms with van der Waals surface area (Å²) in [6, 6.07) is 12.3. The smallest absolute Gasteiger partial charge is 0.412 e. The van der Waals surface area contributed by atoms with Gasteiger partial charge in [-0.15, -0.1) is 0 Å². The highest BCUT2D eigenvalue weighted by atomic mass is 16.6. The van der Waals surface area contributed by atoms with E-state index in [0.717, 1.165) is 0 Å². The molecule has 0 heterocycles. The SMILES string of the molecule is CC(C)(C)OC(=O)Nc1ccc(NC(=O)c2ccccc2C(=O)O)cc1. The van der Waals surface area contributed by atoms with E-state index in [1.165, 1.54) is 12.1 Å². The van der Waals surface area contributed by atoms with E-state index in [9.17, 15) is 14.4 Å². The van der Waals surface area contributed by atoms with Crippen LogP contribution >= 0.6 is 0 Å². The summed E-state index contributed by atoms with van der Waals surface area (Å²) >= 11 is 0. The van der Waals surface area contributed by atoms with Crippen LogP contribution < -0.4 is 10.6 Å². The zero-order valence-electron chi connectivity index (χ0n) is 14.7. The molecule has 2 aromatic carbocycles. The van der Waals surface area contributed by atoms with E-state index in [-0.39, 0.29) is 11.1 Å². The van der Waals surface area contributed by atoms with Gasteiger partial charge in [0, 0.05) is 11.4 Å². The summed E-state index contributed by atoms with van der Waals surface area (Å²) in [6.45, 7) is 5.29. The number of ether oxygens (including phenoxy) is 1. The van der Waals surface area contributed by atoms with Crippen molar-refractivity contribution in [3.63, 3.8) is 0 Å². The number of carbonyl (C=O) groups is 3. The van der Waals surface area contributed by atoms with Crippen LogP contribution in [0.15, 0.2) is 48.5 Å². The first-order chi connectivity index (χ1) is 12.2. The Morgan fingerprint density at radius 1 is 0.846 bits per heavy atom. The average Bonchev–Trinajstić information content (AvgIpc) is 2.54. The second-order valence-electron chi connectivity index (χ2n) is 6.51. The highest BCUT2D eigenvalue weighted by Gasteiger charge is 2.17. The van der Waals surface area contributed by atoms with Crippen molar-refractivity contribution in [2.24, 2.45) is 0 Å². The van der Waals surface area contributed by atoms with Crippen LogP contribution in [0.5, 0.6) is 0 Å². The summed E-state index contributed by atoms with van der Waals surface area (Å²) in [6.07, 6.45) is -0.579. The molecule has 0 radical (unpaired) electrons. The Labute approximate surface area is 151 Å². The molecule has 0 spiro atoms. The largest absolute Gasteiger partial charge is 0.478 e. The van der Waals surface area contributed by atoms with E-state index in [2.05, 4.69) is 10.6 Å². The van der Waals surface area contributed by atoms with Crippen molar-refractivity contribution < 1.29 is 24.2 Å². The number of carbonyl (C=O) groups excluding carboxylic acids is 2. The van der Waals surface area contributed by atoms with Gasteiger partial charge >= 0.3 is 12.1 Å². The first-order valence-electron chi connectivity index (χ1n) is 7.89. The minimum absolute atomic E-state index is 0.0657. The third kappa shape index (κ3) is 5.34. The molecular formula is C19H20N2O5. The van der Waals surface area contributed by atoms with Crippen molar-refractivity contribution in [3.8, 4) is 0 Å². The Morgan fingerprint density at radius 2 is 1.35 bits per heavy atom. The average molecular weight is 356 g/mol. The number of aromatic carboxylic acids is 1. The van der Waals surface area contributed by atoms with E-state index < -0.39 is 23.6 Å². The van der Waals surface area contributed by atoms with Crippen molar-refractivity contribution in [3.05, 3.63) is 59.7 Å². The number of rotatable bonds is 4. The van der Waals surface area contributed by atoms with E-state index in [1.807, 2.05) is 0 Å². The molecule has 26 heavy (non-hydrogen) atoms. The number of benzene rings is 2. The fourth-order valence-electron chi connectivity index (χ4n) is 2.12. The molecule has 0 bridgehead atoms. The molecule has 0 fully saturated rings. The Bertz CT molecular complexity index is 823. The third-order valence-corrected chi connectivity index (χ3v) is 3.19. The molecule has 0 aromatic heterocycles. The molecule has 7 nitrogen and oxygen atoms in total. The minimum Gasteiger partial charge on any atom is -0.478 e. The van der Waals surface area contributed by atoms with Gasteiger partial charge in [-0.3, -0.25) is 10.1 Å². The number of hydrogen-bond acceptors (Lipinski definition) is 4. The second-order valence-corrected chi connectivity index (χ2v) is 6.51. The Kier molecular flexibility index (Phi) is 5.61. The van der Waals surface area contributed by atoms with Crippen LogP contribution in [0.1, 0.15) is 41.5 Å². The number of carboxylic acid groups (broad SMARTS) is 1. The molecule has 136 valence electrons. The summed E-state index contributed by atoms with van der Waals surface area (Å²) in [5.41, 5.74) is 0.354. The Balaban J connectivity index is 2.04. The van der Waals surface area contributed by atoms with E-state index in [4.69, 9.17) is 9.84 Å². The van der Waals surface area contributed by atoms with Gasteiger partial charge in [0.2, 0.25) is 0 Å². The van der Waals surface area contributed by atoms with Crippen molar-refractivity contribution in [2.45, 2.75) is 26.4 Å². The number of hydrogen-bond donors (Lipinski definition) is 3. The first-order valence-corrected chi connectivity index (χ1v) is 7.89. The number of anilines is 2. The van der Waals surface area contributed by atoms with Crippen molar-refractivity contribution in [1.82, 2.24) is 0 Å². The van der Waals surface area contributed by atoms with Gasteiger partial charge in [0.15, 0.2) is 0 Å². The molecule has 0 saturated carbocycles. The Hall–Kier alpha value is -3.35. The summed E-state index contributed by atoms with van der Waals surface area (Å²) in [5.74, 6) is -1.71. The molecule has 3 N–H and O–H groups in total. The van der Waals surface area contributed by atoms with Gasteiger partial charge in [-0.25, -0.2) is 9.59 Å². The standard InChI is InChI=1S/C19H20N2O5/c1-19(2,3)26-18(25)21-13-10-8-12(9-11-13)20-16(22)14-6-4-5-7-15(14)17(23)24/h4-11H,1-3H3,(H,20,22)(H,21,25)(H,23,24). The first kappa shape index (κ1) is 19.0. The zero-order valence-corrected chi connectivity index (χ0v) is 14.7. The number of carboxylic acids is 1. The van der Waals surface area contributed by atoms with Crippen LogP contribution in [0.4, 0.5) is 16.2 Å². The lowest BCUT2D eigenvalue weighted by Gasteiger charge is -2.19. The molecule has 0 aliphatic heterocycles. The lowest BCUT2D eigenvalue weighted by Crippen LogP contribution is -2.27. The highest BCUT2D eigenvalue weighted by molar-refractivity contribution is 6.10. The summed E-state index contributed by atoms with van der Waals surface area (Å²) in [4.78, 5) is 35.2. The zero-order chi connectivity index (χ0) is 19.3. The van der Waals surface area contributed by atoms with Crippen molar-refractivity contribution >= 4 is 29.3 Å². The van der Waals surface area contributed by atoms with Gasteiger partial charge < -0.3 is 15.2 Å². The molecule has 0 saturated heterocycles. The minimum atomic E-state index is -1.17. The van der Waals surface area contributed by atoms with E-state index in [1.54, 1.807) is 57.2 Å². The maximum atomic E-state index is 12.3. The monoisotopic (exact) mass is 356 g/mol. The molecule has 0 atom stereocenters. The van der Waals surface area contributed by atoms with E-state index >= 15 is 0 Å². The molecule has 7 heteroatoms. The summed E-state index contributed by atoms with van der Waals surface area (Å²) in [5, 5.41) is 14.4. The van der Waals surface area contributed by atoms with Crippen LogP contribution in [0.2, 0.25) is 0 Å². The predicted molar refractivity (Wildman–Crippen MR) is 97.7 cm³/mol. The topological polar surface area (TPSA) is 105 Å². The van der Waals surface area contributed by atoms with Crippen LogP contribution in [-0.4, -0.2) is 28.7 Å². The highest BCUT2D eigenvalue weighted by Crippen LogP contribution is 2.17. The van der Waals surface area contributed by atoms with Crippen molar-refractivity contribution in [1.29, 1.82) is 0 Å². The van der Waals surface area contributed by atoms with Gasteiger partial charge in [0.1, 0.15) is 5.60 Å². The molecule has 2 amide bonds. The lowest BCUT2D eigenvalue weighted by molar-refractivity contribution is 0.0634. The quantitative estimate of drug-likeness (QED) is 0.768. The maximum absolute atomic E-state index is 12.3. The maximum Gasteiger partial charge on any atom is 0.412 e. The van der Waals surface area contributed by atoms with E-state index in [0.29, 0.717) is 11.4 Å². The number of amides is 2. The predicted octanol–water partition coefficient (Wildman–Crippen LogP) is 3.98. The number of nitrogens with one attached hydrogen (secondary N) is 2. The van der Waals surface area contributed by atoms with Gasteiger partial charge in [0.05, 0.1) is 11.1 Å². The normalized spacial score (nSPS) is 10.7. The van der Waals surface area contributed by atoms with Crippen LogP contribution in [0, 0.1) is 0 Å². The van der Waals surface area contributed by atoms with Crippen LogP contribution in [0.3, 0.4) is 0 Å². The third-order valence-electron chi connectivity index (χ3n) is 3.19. The molecule has 0 aliphatic carbocycles. The summed E-state index contributed by atoms with van der Waals surface area (Å²) < 4.78 is 5.15. The van der Waals surface area contributed by atoms with Gasteiger partial charge in [-0.05, 0) is 57.2 Å². The fourth-order valence-corrected chi connectivity index (χ4v) is 2.12. The van der Waals surface area contributed by atoms with Crippen molar-refractivity contribution in [2.75, 3.05) is 10.6 Å². The lowest BCUT2D eigenvalue weighted by atomic mass is 10.1. The molecular weight excluding hydrogens is 336 g/mol. The van der Waals surface area contributed by atoms with Crippen LogP contribution in [-0.2, 0) is 4.74 Å². The molecule has 2 rings (SSSR count).